The van der Waals surface area contributed by atoms with Crippen molar-refractivity contribution in [2.75, 3.05) is 32.7 Å². The van der Waals surface area contributed by atoms with Crippen LogP contribution < -0.4 is 0 Å². The second kappa shape index (κ2) is 6.23. The van der Waals surface area contributed by atoms with E-state index in [1.165, 1.54) is 22.5 Å². The van der Waals surface area contributed by atoms with Gasteiger partial charge >= 0.3 is 0 Å². The summed E-state index contributed by atoms with van der Waals surface area (Å²) in [5.41, 5.74) is 0. The van der Waals surface area contributed by atoms with Gasteiger partial charge in [0.25, 0.3) is 0 Å². The van der Waals surface area contributed by atoms with Crippen molar-refractivity contribution in [3.05, 3.63) is 30.1 Å². The van der Waals surface area contributed by atoms with Gasteiger partial charge in [0.15, 0.2) is 0 Å². The molecule has 0 radical (unpaired) electrons. The first-order chi connectivity index (χ1) is 10.5. The summed E-state index contributed by atoms with van der Waals surface area (Å²) in [4.78, 5) is 1.82. The van der Waals surface area contributed by atoms with Gasteiger partial charge in [-0.15, -0.1) is 0 Å². The fourth-order valence-electron chi connectivity index (χ4n) is 2.84. The lowest BCUT2D eigenvalue weighted by Gasteiger charge is -2.35. The van der Waals surface area contributed by atoms with Gasteiger partial charge in [0.1, 0.15) is 10.7 Å². The van der Waals surface area contributed by atoms with E-state index >= 15 is 0 Å². The van der Waals surface area contributed by atoms with Crippen molar-refractivity contribution in [1.82, 2.24) is 9.21 Å². The Bertz CT molecular complexity index is 625. The molecule has 1 aromatic carbocycles. The van der Waals surface area contributed by atoms with Crippen molar-refractivity contribution in [3.63, 3.8) is 0 Å². The lowest BCUT2D eigenvalue weighted by molar-refractivity contribution is 0.0781. The van der Waals surface area contributed by atoms with Crippen LogP contribution in [0.5, 0.6) is 0 Å². The van der Waals surface area contributed by atoms with Crippen LogP contribution in [0.15, 0.2) is 29.2 Å². The average Bonchev–Trinajstić information content (AvgIpc) is 3.33. The van der Waals surface area contributed by atoms with Gasteiger partial charge in [-0.3, -0.25) is 4.90 Å². The molecule has 0 spiro atoms. The van der Waals surface area contributed by atoms with Crippen molar-refractivity contribution < 1.29 is 17.9 Å². The van der Waals surface area contributed by atoms with Crippen LogP contribution in [-0.2, 0) is 10.0 Å². The number of nitrogens with zero attached hydrogens (tertiary/aromatic N) is 2. The van der Waals surface area contributed by atoms with E-state index in [2.05, 4.69) is 4.90 Å². The molecule has 7 heteroatoms. The molecule has 1 heterocycles. The number of halogens is 1. The van der Waals surface area contributed by atoms with E-state index in [-0.39, 0.29) is 11.0 Å². The van der Waals surface area contributed by atoms with Crippen molar-refractivity contribution in [1.29, 1.82) is 0 Å². The minimum atomic E-state index is -3.78. The lowest BCUT2D eigenvalue weighted by Crippen LogP contribution is -2.50. The molecule has 0 bridgehead atoms. The quantitative estimate of drug-likeness (QED) is 0.872. The Kier molecular flexibility index (Phi) is 4.49. The zero-order chi connectivity index (χ0) is 15.7. The van der Waals surface area contributed by atoms with E-state index in [0.717, 1.165) is 18.9 Å². The number of benzene rings is 1. The van der Waals surface area contributed by atoms with E-state index in [4.69, 9.17) is 0 Å². The summed E-state index contributed by atoms with van der Waals surface area (Å²) in [5, 5.41) is 9.96. The van der Waals surface area contributed by atoms with E-state index in [1.807, 2.05) is 0 Å². The zero-order valence-electron chi connectivity index (χ0n) is 12.4. The molecule has 2 aliphatic rings. The summed E-state index contributed by atoms with van der Waals surface area (Å²) in [5.74, 6) is -0.297. The van der Waals surface area contributed by atoms with Crippen molar-refractivity contribution in [2.24, 2.45) is 5.92 Å². The molecular weight excluding hydrogens is 307 g/mol. The van der Waals surface area contributed by atoms with Crippen LogP contribution >= 0.6 is 0 Å². The second-order valence-corrected chi connectivity index (χ2v) is 7.95. The van der Waals surface area contributed by atoms with Crippen LogP contribution in [0.25, 0.3) is 0 Å². The fraction of sp³-hybridized carbons (Fsp3) is 0.600. The van der Waals surface area contributed by atoms with Crippen molar-refractivity contribution >= 4 is 10.0 Å². The third kappa shape index (κ3) is 3.32. The molecule has 0 amide bonds. The Morgan fingerprint density at radius 3 is 2.41 bits per heavy atom. The molecule has 1 aliphatic heterocycles. The first-order valence-electron chi connectivity index (χ1n) is 7.63. The maximum absolute atomic E-state index is 13.7. The predicted octanol–water partition coefficient (Wildman–Crippen LogP) is 0.903. The zero-order valence-corrected chi connectivity index (χ0v) is 13.2. The number of sulfonamides is 1. The topological polar surface area (TPSA) is 60.9 Å². The number of β-amino-alcohol motifs (C(OH)–C–C–N with tert-alkyl or cyclic N) is 1. The molecule has 22 heavy (non-hydrogen) atoms. The summed E-state index contributed by atoms with van der Waals surface area (Å²) < 4.78 is 40.0. The molecule has 2 fully saturated rings. The van der Waals surface area contributed by atoms with Gasteiger partial charge in [-0.25, -0.2) is 12.8 Å². The van der Waals surface area contributed by atoms with E-state index in [0.29, 0.717) is 38.6 Å². The fourth-order valence-corrected chi connectivity index (χ4v) is 4.33. The Hall–Kier alpha value is -1.02. The number of hydrogen-bond acceptors (Lipinski definition) is 4. The van der Waals surface area contributed by atoms with Crippen LogP contribution in [-0.4, -0.2) is 61.6 Å². The van der Waals surface area contributed by atoms with Crippen LogP contribution in [0, 0.1) is 11.7 Å². The molecule has 1 N–H and O–H groups in total. The third-order valence-corrected chi connectivity index (χ3v) is 6.33. The number of aliphatic hydroxyl groups excluding tert-OH is 1. The molecule has 0 unspecified atom stereocenters. The van der Waals surface area contributed by atoms with E-state index in [9.17, 15) is 17.9 Å². The largest absolute Gasteiger partial charge is 0.392 e. The highest BCUT2D eigenvalue weighted by atomic mass is 32.2. The summed E-state index contributed by atoms with van der Waals surface area (Å²) in [6.07, 6.45) is 1.86. The molecule has 1 atom stereocenters. The molecule has 1 saturated heterocycles. The number of piperazine rings is 1. The standard InChI is InChI=1S/C15H21FN2O3S/c16-13-3-1-2-4-15(13)22(20,21)18-9-7-17(8-10-18)11-14(19)12-5-6-12/h1-4,12,14,19H,5-11H2/t14-/m1/s1. The van der Waals surface area contributed by atoms with Gasteiger partial charge in [0, 0.05) is 32.7 Å². The van der Waals surface area contributed by atoms with Crippen LogP contribution in [0.3, 0.4) is 0 Å². The van der Waals surface area contributed by atoms with E-state index in [1.54, 1.807) is 0 Å². The SMILES string of the molecule is O=S(=O)(c1ccccc1F)N1CCN(C[C@@H](O)C2CC2)CC1. The van der Waals surface area contributed by atoms with Gasteiger partial charge in [-0.2, -0.15) is 4.31 Å². The van der Waals surface area contributed by atoms with Crippen molar-refractivity contribution in [3.8, 4) is 0 Å². The number of aliphatic hydroxyl groups is 1. The Morgan fingerprint density at radius 1 is 1.18 bits per heavy atom. The maximum atomic E-state index is 13.7. The summed E-state index contributed by atoms with van der Waals surface area (Å²) in [6.45, 7) is 2.38. The first kappa shape index (κ1) is 15.9. The summed E-state index contributed by atoms with van der Waals surface area (Å²) in [7, 11) is -3.78. The maximum Gasteiger partial charge on any atom is 0.246 e. The van der Waals surface area contributed by atoms with E-state index < -0.39 is 15.8 Å². The molecule has 1 saturated carbocycles. The molecule has 1 aromatic rings. The monoisotopic (exact) mass is 328 g/mol. The minimum Gasteiger partial charge on any atom is -0.392 e. The third-order valence-electron chi connectivity index (χ3n) is 4.40. The van der Waals surface area contributed by atoms with Crippen LogP contribution in [0.2, 0.25) is 0 Å². The molecular formula is C15H21FN2O3S. The van der Waals surface area contributed by atoms with Gasteiger partial charge in [0.2, 0.25) is 10.0 Å². The highest BCUT2D eigenvalue weighted by Gasteiger charge is 2.34. The normalized spacial score (nSPS) is 22.6. The summed E-state index contributed by atoms with van der Waals surface area (Å²) >= 11 is 0. The Labute approximate surface area is 130 Å². The van der Waals surface area contributed by atoms with Crippen LogP contribution in [0.4, 0.5) is 4.39 Å². The van der Waals surface area contributed by atoms with Gasteiger partial charge in [-0.05, 0) is 30.9 Å². The number of hydrogen-bond donors (Lipinski definition) is 1. The van der Waals surface area contributed by atoms with Crippen molar-refractivity contribution in [2.45, 2.75) is 23.8 Å². The summed E-state index contributed by atoms with van der Waals surface area (Å²) in [6, 6.07) is 5.47. The average molecular weight is 328 g/mol. The smallest absolute Gasteiger partial charge is 0.246 e. The molecule has 1 aliphatic carbocycles. The Balaban J connectivity index is 1.62. The van der Waals surface area contributed by atoms with Gasteiger partial charge in [0.05, 0.1) is 6.10 Å². The molecule has 3 rings (SSSR count). The molecule has 122 valence electrons. The van der Waals surface area contributed by atoms with Gasteiger partial charge < -0.3 is 5.11 Å². The first-order valence-corrected chi connectivity index (χ1v) is 9.07. The molecule has 5 nitrogen and oxygen atoms in total. The predicted molar refractivity (Wildman–Crippen MR) is 80.3 cm³/mol. The highest BCUT2D eigenvalue weighted by Crippen LogP contribution is 2.33. The molecule has 0 aromatic heterocycles. The second-order valence-electron chi connectivity index (χ2n) is 6.04. The highest BCUT2D eigenvalue weighted by molar-refractivity contribution is 7.89. The minimum absolute atomic E-state index is 0.263. The lowest BCUT2D eigenvalue weighted by atomic mass is 10.2. The Morgan fingerprint density at radius 2 is 1.82 bits per heavy atom. The number of rotatable bonds is 5. The van der Waals surface area contributed by atoms with Crippen LogP contribution in [0.1, 0.15) is 12.8 Å². The van der Waals surface area contributed by atoms with Gasteiger partial charge in [-0.1, -0.05) is 12.1 Å².